The van der Waals surface area contributed by atoms with Crippen LogP contribution in [0.2, 0.25) is 0 Å². The molecule has 0 atom stereocenters. The first-order valence-electron chi connectivity index (χ1n) is 12.6. The fourth-order valence-corrected chi connectivity index (χ4v) is 6.81. The van der Waals surface area contributed by atoms with Crippen LogP contribution in [0.4, 0.5) is 0 Å². The van der Waals surface area contributed by atoms with E-state index in [-0.39, 0.29) is 0 Å². The molecule has 0 spiro atoms. The van der Waals surface area contributed by atoms with Crippen molar-refractivity contribution >= 4 is 66.2 Å². The minimum absolute atomic E-state index is 1.21. The molecule has 37 heavy (non-hydrogen) atoms. The molecule has 0 aliphatic heterocycles. The Balaban J connectivity index is 1.50. The van der Waals surface area contributed by atoms with Crippen molar-refractivity contribution in [2.75, 3.05) is 0 Å². The summed E-state index contributed by atoms with van der Waals surface area (Å²) < 4.78 is 4.98. The van der Waals surface area contributed by atoms with E-state index < -0.39 is 0 Å². The van der Waals surface area contributed by atoms with Crippen LogP contribution < -0.4 is 9.75 Å². The van der Waals surface area contributed by atoms with Crippen molar-refractivity contribution in [3.63, 3.8) is 0 Å². The molecule has 0 N–H and O–H groups in total. The van der Waals surface area contributed by atoms with Crippen LogP contribution in [0, 0.1) is 0 Å². The molecule has 7 aromatic rings. The number of aromatic nitrogens is 1. The second-order valence-corrected chi connectivity index (χ2v) is 10.4. The lowest BCUT2D eigenvalue weighted by atomic mass is 10.0. The summed E-state index contributed by atoms with van der Waals surface area (Å²) >= 11 is 1.82. The quantitative estimate of drug-likeness (QED) is 0.233. The lowest BCUT2D eigenvalue weighted by Gasteiger charge is -2.11. The van der Waals surface area contributed by atoms with Gasteiger partial charge in [-0.05, 0) is 71.1 Å². The van der Waals surface area contributed by atoms with Crippen molar-refractivity contribution in [2.45, 2.75) is 6.92 Å². The average molecular weight is 492 g/mol. The van der Waals surface area contributed by atoms with Gasteiger partial charge in [0.25, 0.3) is 0 Å². The fourth-order valence-electron chi connectivity index (χ4n) is 5.66. The minimum atomic E-state index is 1.21. The Kier molecular flexibility index (Phi) is 5.09. The maximum atomic E-state index is 3.90. The number of thiophene rings is 1. The Morgan fingerprint density at radius 3 is 2.22 bits per heavy atom. The third-order valence-corrected chi connectivity index (χ3v) is 8.48. The molecule has 0 amide bonds. The van der Waals surface area contributed by atoms with Gasteiger partial charge in [0.15, 0.2) is 0 Å². The molecule has 0 saturated heterocycles. The Morgan fingerprint density at radius 1 is 0.676 bits per heavy atom. The van der Waals surface area contributed by atoms with Crippen LogP contribution >= 0.6 is 11.3 Å². The molecule has 7 rings (SSSR count). The second-order valence-electron chi connectivity index (χ2n) is 9.36. The Hall–Kier alpha value is -4.40. The summed E-state index contributed by atoms with van der Waals surface area (Å²) in [6.07, 6.45) is 6.19. The summed E-state index contributed by atoms with van der Waals surface area (Å²) in [4.78, 5) is 0. The van der Waals surface area contributed by atoms with Crippen LogP contribution in [0.15, 0.2) is 116 Å². The van der Waals surface area contributed by atoms with Crippen molar-refractivity contribution in [3.05, 3.63) is 126 Å². The lowest BCUT2D eigenvalue weighted by molar-refractivity contribution is 1.20. The lowest BCUT2D eigenvalue weighted by Crippen LogP contribution is -2.17. The minimum Gasteiger partial charge on any atom is -0.309 e. The number of hydrogen-bond acceptors (Lipinski definition) is 1. The topological polar surface area (TPSA) is 4.93 Å². The highest BCUT2D eigenvalue weighted by atomic mass is 32.1. The molecule has 2 aromatic heterocycles. The van der Waals surface area contributed by atoms with Crippen molar-refractivity contribution < 1.29 is 0 Å². The number of para-hydroxylation sites is 1. The predicted octanol–water partition coefficient (Wildman–Crippen LogP) is 8.59. The maximum absolute atomic E-state index is 3.90. The molecule has 0 aliphatic rings. The first kappa shape index (κ1) is 21.8. The number of fused-ring (bicyclic) bond motifs is 5. The summed E-state index contributed by atoms with van der Waals surface area (Å²) in [5, 5.41) is 7.65. The van der Waals surface area contributed by atoms with E-state index in [2.05, 4.69) is 133 Å². The molecule has 0 unspecified atom stereocenters. The van der Waals surface area contributed by atoms with Crippen LogP contribution in [0.3, 0.4) is 0 Å². The molecular formula is C35H25NS. The van der Waals surface area contributed by atoms with Crippen LogP contribution in [-0.4, -0.2) is 4.57 Å². The predicted molar refractivity (Wildman–Crippen MR) is 163 cm³/mol. The van der Waals surface area contributed by atoms with E-state index >= 15 is 0 Å². The zero-order valence-corrected chi connectivity index (χ0v) is 21.4. The average Bonchev–Trinajstić information content (AvgIpc) is 3.47. The first-order valence-corrected chi connectivity index (χ1v) is 13.4. The Labute approximate surface area is 219 Å². The summed E-state index contributed by atoms with van der Waals surface area (Å²) in [5.41, 5.74) is 6.14. The zero-order chi connectivity index (χ0) is 24.9. The molecule has 0 fully saturated rings. The molecule has 0 aliphatic carbocycles. The van der Waals surface area contributed by atoms with Gasteiger partial charge in [0.1, 0.15) is 0 Å². The van der Waals surface area contributed by atoms with Crippen LogP contribution in [-0.2, 0) is 0 Å². The van der Waals surface area contributed by atoms with E-state index in [1.165, 1.54) is 69.2 Å². The number of hydrogen-bond donors (Lipinski definition) is 0. The second kappa shape index (κ2) is 8.62. The van der Waals surface area contributed by atoms with Gasteiger partial charge in [-0.15, -0.1) is 11.3 Å². The van der Waals surface area contributed by atoms with Crippen LogP contribution in [0.1, 0.15) is 6.92 Å². The molecule has 0 bridgehead atoms. The van der Waals surface area contributed by atoms with Gasteiger partial charge in [-0.2, -0.15) is 0 Å². The summed E-state index contributed by atoms with van der Waals surface area (Å²) in [7, 11) is 0. The number of rotatable bonds is 3. The van der Waals surface area contributed by atoms with Gasteiger partial charge >= 0.3 is 0 Å². The monoisotopic (exact) mass is 491 g/mol. The third kappa shape index (κ3) is 3.37. The molecule has 0 radical (unpaired) electrons. The van der Waals surface area contributed by atoms with E-state index in [1.54, 1.807) is 0 Å². The highest BCUT2D eigenvalue weighted by Crippen LogP contribution is 2.37. The zero-order valence-electron chi connectivity index (χ0n) is 20.6. The standard InChI is InChI=1S/C35H25NS/c1-3-10-34-26(4-2)30-22-25(18-20-35(30)37-34)24-17-19-33-29(21-24)28-14-7-8-15-32(28)36(33)31-16-9-12-23-11-5-6-13-27(23)31/h3-22H,1H2,2H3/b26-4-,34-10+. The Morgan fingerprint density at radius 2 is 1.38 bits per heavy atom. The van der Waals surface area contributed by atoms with E-state index in [4.69, 9.17) is 0 Å². The fraction of sp³-hybridized carbons (Fsp3) is 0.0286. The number of benzene rings is 5. The third-order valence-electron chi connectivity index (χ3n) is 7.33. The molecule has 2 heterocycles. The van der Waals surface area contributed by atoms with Crippen molar-refractivity contribution in [1.82, 2.24) is 4.57 Å². The van der Waals surface area contributed by atoms with Gasteiger partial charge in [-0.1, -0.05) is 85.5 Å². The van der Waals surface area contributed by atoms with E-state index in [0.717, 1.165) is 0 Å². The van der Waals surface area contributed by atoms with Gasteiger partial charge in [0.05, 0.1) is 16.7 Å². The highest BCUT2D eigenvalue weighted by molar-refractivity contribution is 7.17. The largest absolute Gasteiger partial charge is 0.309 e. The highest BCUT2D eigenvalue weighted by Gasteiger charge is 2.15. The SMILES string of the molecule is C=C/C=c1/sc2ccc(-c3ccc4c(c3)c3ccccc3n4-c3cccc4ccccc34)cc2/c1=C/C. The molecular weight excluding hydrogens is 466 g/mol. The van der Waals surface area contributed by atoms with Gasteiger partial charge in [-0.3, -0.25) is 0 Å². The van der Waals surface area contributed by atoms with Gasteiger partial charge in [0.2, 0.25) is 0 Å². The van der Waals surface area contributed by atoms with Crippen molar-refractivity contribution in [3.8, 4) is 16.8 Å². The summed E-state index contributed by atoms with van der Waals surface area (Å²) in [6, 6.07) is 37.7. The van der Waals surface area contributed by atoms with Gasteiger partial charge in [-0.25, -0.2) is 0 Å². The van der Waals surface area contributed by atoms with E-state index in [1.807, 2.05) is 17.4 Å². The van der Waals surface area contributed by atoms with Gasteiger partial charge in [0, 0.05) is 30.8 Å². The maximum Gasteiger partial charge on any atom is 0.0541 e. The number of allylic oxidation sites excluding steroid dienone is 1. The smallest absolute Gasteiger partial charge is 0.0541 e. The van der Waals surface area contributed by atoms with Crippen LogP contribution in [0.25, 0.3) is 71.6 Å². The molecule has 0 saturated carbocycles. The van der Waals surface area contributed by atoms with E-state index in [9.17, 15) is 0 Å². The first-order chi connectivity index (χ1) is 18.3. The normalized spacial score (nSPS) is 12.9. The molecule has 2 heteroatoms. The van der Waals surface area contributed by atoms with Crippen LogP contribution in [0.5, 0.6) is 0 Å². The molecule has 176 valence electrons. The number of nitrogens with zero attached hydrogens (tertiary/aromatic N) is 1. The van der Waals surface area contributed by atoms with E-state index in [0.29, 0.717) is 0 Å². The van der Waals surface area contributed by atoms with Crippen molar-refractivity contribution in [2.24, 2.45) is 0 Å². The summed E-state index contributed by atoms with van der Waals surface area (Å²) in [5.74, 6) is 0. The van der Waals surface area contributed by atoms with Gasteiger partial charge < -0.3 is 4.57 Å². The summed E-state index contributed by atoms with van der Waals surface area (Å²) in [6.45, 7) is 6.01. The van der Waals surface area contributed by atoms with Crippen molar-refractivity contribution in [1.29, 1.82) is 0 Å². The molecule has 1 nitrogen and oxygen atoms in total. The Bertz CT molecular complexity index is 2120. The molecule has 5 aromatic carbocycles.